The van der Waals surface area contributed by atoms with Crippen LogP contribution in [0.15, 0.2) is 0 Å². The molecule has 0 amide bonds. The smallest absolute Gasteiger partial charge is 0.114 e. The Morgan fingerprint density at radius 1 is 1.71 bits per heavy atom. The van der Waals surface area contributed by atoms with Crippen molar-refractivity contribution in [1.29, 1.82) is 0 Å². The molecule has 0 aromatic carbocycles. The average Bonchev–Trinajstić information content (AvgIpc) is 1.72. The highest BCUT2D eigenvalue weighted by atomic mass is 16.6. The van der Waals surface area contributed by atoms with E-state index in [2.05, 4.69) is 10.7 Å². The number of nitrogens with two attached hydrogens (primary N) is 2. The zero-order valence-corrected chi connectivity index (χ0v) is 4.00. The van der Waals surface area contributed by atoms with E-state index in [0.29, 0.717) is 0 Å². The molecule has 1 atom stereocenters. The number of hydrogen-bond donors (Lipinski definition) is 3. The quantitative estimate of drug-likeness (QED) is 0.371. The van der Waals surface area contributed by atoms with Gasteiger partial charge in [-0.1, -0.05) is 0 Å². The Bertz CT molecular complexity index is 32.4. The molecule has 0 spiro atoms. The largest absolute Gasteiger partial charge is 0.394 e. The molecule has 5 N–H and O–H groups in total. The lowest BCUT2D eigenvalue weighted by Crippen LogP contribution is -2.29. The summed E-state index contributed by atoms with van der Waals surface area (Å²) in [7, 11) is 0. The first-order chi connectivity index (χ1) is 3.35. The van der Waals surface area contributed by atoms with Gasteiger partial charge in [-0.25, -0.2) is 5.90 Å². The first kappa shape index (κ1) is 6.84. The van der Waals surface area contributed by atoms with Crippen molar-refractivity contribution >= 4 is 0 Å². The van der Waals surface area contributed by atoms with Gasteiger partial charge in [0.1, 0.15) is 6.10 Å². The van der Waals surface area contributed by atoms with E-state index in [1.165, 1.54) is 0 Å². The SMILES string of the molecule is NCC(CO)ON. The standard InChI is InChI=1S/C3H10N2O2/c4-1-3(2-6)7-5/h3,6H,1-2,4-5H2. The van der Waals surface area contributed by atoms with Crippen LogP contribution in [0.3, 0.4) is 0 Å². The molecule has 0 saturated heterocycles. The maximum atomic E-state index is 8.24. The summed E-state index contributed by atoms with van der Waals surface area (Å²) in [5, 5.41) is 8.24. The van der Waals surface area contributed by atoms with Gasteiger partial charge in [-0.15, -0.1) is 0 Å². The molecule has 4 nitrogen and oxygen atoms in total. The molecule has 7 heavy (non-hydrogen) atoms. The van der Waals surface area contributed by atoms with Crippen molar-refractivity contribution in [3.05, 3.63) is 0 Å². The molecular formula is C3H10N2O2. The second-order valence-electron chi connectivity index (χ2n) is 1.18. The minimum absolute atomic E-state index is 0.118. The molecule has 0 aliphatic rings. The van der Waals surface area contributed by atoms with Gasteiger partial charge in [0.2, 0.25) is 0 Å². The molecule has 0 heterocycles. The Morgan fingerprint density at radius 3 is 2.29 bits per heavy atom. The molecule has 0 fully saturated rings. The van der Waals surface area contributed by atoms with E-state index in [1.54, 1.807) is 0 Å². The zero-order valence-electron chi connectivity index (χ0n) is 4.00. The second kappa shape index (κ2) is 4.01. The Kier molecular flexibility index (Phi) is 3.92. The highest BCUT2D eigenvalue weighted by Gasteiger charge is 1.99. The van der Waals surface area contributed by atoms with Crippen LogP contribution in [-0.2, 0) is 4.84 Å². The Hall–Kier alpha value is -0.160. The average molecular weight is 106 g/mol. The molecule has 0 radical (unpaired) electrons. The van der Waals surface area contributed by atoms with Gasteiger partial charge in [-0.3, -0.25) is 4.84 Å². The third-order valence-electron chi connectivity index (χ3n) is 0.659. The summed E-state index contributed by atoms with van der Waals surface area (Å²) in [6, 6.07) is 0. The summed E-state index contributed by atoms with van der Waals surface area (Å²) in [5.41, 5.74) is 5.03. The number of hydrogen-bond acceptors (Lipinski definition) is 4. The molecule has 44 valence electrons. The van der Waals surface area contributed by atoms with Crippen molar-refractivity contribution in [3.8, 4) is 0 Å². The van der Waals surface area contributed by atoms with E-state index in [0.717, 1.165) is 0 Å². The molecule has 4 heteroatoms. The summed E-state index contributed by atoms with van der Waals surface area (Å²) < 4.78 is 0. The monoisotopic (exact) mass is 106 g/mol. The molecule has 0 aliphatic heterocycles. The lowest BCUT2D eigenvalue weighted by atomic mass is 10.4. The van der Waals surface area contributed by atoms with Crippen molar-refractivity contribution in [2.75, 3.05) is 13.2 Å². The Balaban J connectivity index is 2.99. The van der Waals surface area contributed by atoms with Crippen LogP contribution in [-0.4, -0.2) is 24.4 Å². The molecule has 0 aliphatic carbocycles. The molecule has 0 rings (SSSR count). The maximum absolute atomic E-state index is 8.24. The fourth-order valence-electron chi connectivity index (χ4n) is 0.173. The highest BCUT2D eigenvalue weighted by molar-refractivity contribution is 4.51. The third kappa shape index (κ3) is 2.52. The number of aliphatic hydroxyl groups is 1. The number of rotatable bonds is 3. The van der Waals surface area contributed by atoms with Crippen molar-refractivity contribution in [2.45, 2.75) is 6.10 Å². The Morgan fingerprint density at radius 2 is 2.29 bits per heavy atom. The van der Waals surface area contributed by atoms with E-state index in [-0.39, 0.29) is 13.2 Å². The summed E-state index contributed by atoms with van der Waals surface area (Å²) >= 11 is 0. The van der Waals surface area contributed by atoms with E-state index >= 15 is 0 Å². The predicted molar refractivity (Wildman–Crippen MR) is 25.2 cm³/mol. The highest BCUT2D eigenvalue weighted by Crippen LogP contribution is 1.77. The van der Waals surface area contributed by atoms with Crippen LogP contribution in [0.2, 0.25) is 0 Å². The van der Waals surface area contributed by atoms with Crippen LogP contribution in [0.1, 0.15) is 0 Å². The molecule has 0 bridgehead atoms. The van der Waals surface area contributed by atoms with Gasteiger partial charge < -0.3 is 10.8 Å². The van der Waals surface area contributed by atoms with Crippen LogP contribution in [0.25, 0.3) is 0 Å². The van der Waals surface area contributed by atoms with Gasteiger partial charge in [-0.2, -0.15) is 0 Å². The van der Waals surface area contributed by atoms with Gasteiger partial charge in [0.15, 0.2) is 0 Å². The summed E-state index contributed by atoms with van der Waals surface area (Å²) in [5.74, 6) is 4.65. The van der Waals surface area contributed by atoms with Gasteiger partial charge in [0.25, 0.3) is 0 Å². The van der Waals surface area contributed by atoms with Crippen LogP contribution < -0.4 is 11.6 Å². The molecule has 0 aromatic heterocycles. The van der Waals surface area contributed by atoms with Crippen molar-refractivity contribution in [3.63, 3.8) is 0 Å². The molecule has 0 saturated carbocycles. The summed E-state index contributed by atoms with van der Waals surface area (Å²) in [4.78, 5) is 4.17. The van der Waals surface area contributed by atoms with Crippen LogP contribution in [0.5, 0.6) is 0 Å². The number of aliphatic hydroxyl groups excluding tert-OH is 1. The summed E-state index contributed by atoms with van der Waals surface area (Å²) in [6.45, 7) is 0.139. The minimum atomic E-state index is -0.403. The van der Waals surface area contributed by atoms with E-state index in [1.807, 2.05) is 0 Å². The van der Waals surface area contributed by atoms with Gasteiger partial charge in [-0.05, 0) is 0 Å². The first-order valence-corrected chi connectivity index (χ1v) is 2.01. The Labute approximate surface area is 42.0 Å². The van der Waals surface area contributed by atoms with E-state index in [4.69, 9.17) is 10.8 Å². The van der Waals surface area contributed by atoms with Crippen LogP contribution in [0.4, 0.5) is 0 Å². The topological polar surface area (TPSA) is 81.5 Å². The molecular weight excluding hydrogens is 96.0 g/mol. The first-order valence-electron chi connectivity index (χ1n) is 2.01. The van der Waals surface area contributed by atoms with Gasteiger partial charge >= 0.3 is 0 Å². The van der Waals surface area contributed by atoms with E-state index < -0.39 is 6.10 Å². The maximum Gasteiger partial charge on any atom is 0.114 e. The normalized spacial score (nSPS) is 14.1. The predicted octanol–water partition coefficient (Wildman–Crippen LogP) is -1.80. The molecule has 0 aromatic rings. The van der Waals surface area contributed by atoms with Gasteiger partial charge in [0.05, 0.1) is 6.61 Å². The second-order valence-corrected chi connectivity index (χ2v) is 1.18. The minimum Gasteiger partial charge on any atom is -0.394 e. The lowest BCUT2D eigenvalue weighted by Gasteiger charge is -2.05. The lowest BCUT2D eigenvalue weighted by molar-refractivity contribution is 0.0182. The molecule has 1 unspecified atom stereocenters. The van der Waals surface area contributed by atoms with E-state index in [9.17, 15) is 0 Å². The third-order valence-corrected chi connectivity index (χ3v) is 0.659. The van der Waals surface area contributed by atoms with Crippen molar-refractivity contribution in [1.82, 2.24) is 0 Å². The zero-order chi connectivity index (χ0) is 5.70. The van der Waals surface area contributed by atoms with Crippen LogP contribution in [0, 0.1) is 0 Å². The van der Waals surface area contributed by atoms with Gasteiger partial charge in [0, 0.05) is 6.54 Å². The summed E-state index contributed by atoms with van der Waals surface area (Å²) in [6.07, 6.45) is -0.403. The van der Waals surface area contributed by atoms with Crippen molar-refractivity contribution < 1.29 is 9.94 Å². The fraction of sp³-hybridized carbons (Fsp3) is 1.00. The fourth-order valence-corrected chi connectivity index (χ4v) is 0.173. The van der Waals surface area contributed by atoms with Crippen molar-refractivity contribution in [2.24, 2.45) is 11.6 Å². The van der Waals surface area contributed by atoms with Crippen LogP contribution >= 0.6 is 0 Å².